The number of carbonyl (C=O) groups excluding carboxylic acids is 2. The molecule has 0 aliphatic rings. The van der Waals surface area contributed by atoms with Gasteiger partial charge in [-0.3, -0.25) is 13.9 Å². The van der Waals surface area contributed by atoms with E-state index in [2.05, 4.69) is 5.32 Å². The van der Waals surface area contributed by atoms with Gasteiger partial charge in [-0.1, -0.05) is 37.3 Å². The molecular formula is C29H34FN3O5S. The zero-order valence-corrected chi connectivity index (χ0v) is 23.3. The predicted molar refractivity (Wildman–Crippen MR) is 149 cm³/mol. The highest BCUT2D eigenvalue weighted by Crippen LogP contribution is 2.26. The van der Waals surface area contributed by atoms with Crippen molar-refractivity contribution in [2.75, 3.05) is 17.1 Å². The Kier molecular flexibility index (Phi) is 10.1. The van der Waals surface area contributed by atoms with Gasteiger partial charge in [-0.25, -0.2) is 12.8 Å². The van der Waals surface area contributed by atoms with Gasteiger partial charge < -0.3 is 15.0 Å². The molecule has 8 nitrogen and oxygen atoms in total. The van der Waals surface area contributed by atoms with Crippen molar-refractivity contribution in [2.24, 2.45) is 0 Å². The lowest BCUT2D eigenvalue weighted by atomic mass is 10.1. The van der Waals surface area contributed by atoms with Crippen molar-refractivity contribution in [1.29, 1.82) is 0 Å². The van der Waals surface area contributed by atoms with E-state index in [1.165, 1.54) is 29.2 Å². The zero-order chi connectivity index (χ0) is 28.6. The summed E-state index contributed by atoms with van der Waals surface area (Å²) in [5.74, 6) is -0.221. The number of carbonyl (C=O) groups is 2. The van der Waals surface area contributed by atoms with Gasteiger partial charge in [0.1, 0.15) is 29.9 Å². The molecule has 0 bridgehead atoms. The van der Waals surface area contributed by atoms with Gasteiger partial charge in [0.2, 0.25) is 21.8 Å². The summed E-state index contributed by atoms with van der Waals surface area (Å²) in [4.78, 5) is 28.0. The zero-order valence-electron chi connectivity index (χ0n) is 22.5. The average Bonchev–Trinajstić information content (AvgIpc) is 2.88. The van der Waals surface area contributed by atoms with Gasteiger partial charge >= 0.3 is 0 Å². The summed E-state index contributed by atoms with van der Waals surface area (Å²) in [5, 5.41) is 2.83. The van der Waals surface area contributed by atoms with E-state index < -0.39 is 34.3 Å². The summed E-state index contributed by atoms with van der Waals surface area (Å²) in [6.07, 6.45) is 1.32. The standard InChI is InChI=1S/C29H34FN3O5S/c1-5-27(29(35)31-21(2)3)32(19-22-11-13-23(30)14-12-22)28(34)20-33(39(4,36)37)24-15-17-26(18-16-24)38-25-9-7-6-8-10-25/h6-18,21,27H,5,19-20H2,1-4H3,(H,31,35)/t27-/m1/s1. The van der Waals surface area contributed by atoms with E-state index in [1.54, 1.807) is 43.3 Å². The first-order valence-corrected chi connectivity index (χ1v) is 14.5. The van der Waals surface area contributed by atoms with E-state index in [9.17, 15) is 22.4 Å². The Hall–Kier alpha value is -3.92. The molecular weight excluding hydrogens is 521 g/mol. The highest BCUT2D eigenvalue weighted by Gasteiger charge is 2.32. The normalized spacial score (nSPS) is 12.1. The summed E-state index contributed by atoms with van der Waals surface area (Å²) in [6, 6.07) is 20.1. The molecule has 3 aromatic rings. The van der Waals surface area contributed by atoms with E-state index in [4.69, 9.17) is 4.74 Å². The SMILES string of the molecule is CC[C@H](C(=O)NC(C)C)N(Cc1ccc(F)cc1)C(=O)CN(c1ccc(Oc2ccccc2)cc1)S(C)(=O)=O. The summed E-state index contributed by atoms with van der Waals surface area (Å²) < 4.78 is 45.8. The van der Waals surface area contributed by atoms with Crippen LogP contribution in [0.1, 0.15) is 32.8 Å². The number of halogens is 1. The molecule has 0 spiro atoms. The highest BCUT2D eigenvalue weighted by atomic mass is 32.2. The van der Waals surface area contributed by atoms with Gasteiger partial charge in [-0.2, -0.15) is 0 Å². The van der Waals surface area contributed by atoms with Crippen molar-refractivity contribution < 1.29 is 27.1 Å². The number of para-hydroxylation sites is 1. The average molecular weight is 556 g/mol. The molecule has 0 aliphatic heterocycles. The number of hydrogen-bond donors (Lipinski definition) is 1. The maximum absolute atomic E-state index is 13.7. The fourth-order valence-corrected chi connectivity index (χ4v) is 4.86. The van der Waals surface area contributed by atoms with Crippen LogP contribution in [0.15, 0.2) is 78.9 Å². The topological polar surface area (TPSA) is 96.0 Å². The third-order valence-corrected chi connectivity index (χ3v) is 7.01. The third kappa shape index (κ3) is 8.54. The third-order valence-electron chi connectivity index (χ3n) is 5.87. The van der Waals surface area contributed by atoms with Crippen molar-refractivity contribution in [3.63, 3.8) is 0 Å². The van der Waals surface area contributed by atoms with Crippen LogP contribution >= 0.6 is 0 Å². The first kappa shape index (κ1) is 29.6. The molecule has 0 heterocycles. The lowest BCUT2D eigenvalue weighted by Crippen LogP contribution is -2.53. The van der Waals surface area contributed by atoms with Crippen LogP contribution in [0.2, 0.25) is 0 Å². The van der Waals surface area contributed by atoms with E-state index in [0.29, 0.717) is 23.5 Å². The van der Waals surface area contributed by atoms with E-state index in [-0.39, 0.29) is 24.2 Å². The smallest absolute Gasteiger partial charge is 0.244 e. The van der Waals surface area contributed by atoms with Crippen molar-refractivity contribution in [3.05, 3.63) is 90.2 Å². The van der Waals surface area contributed by atoms with Gasteiger partial charge in [0.25, 0.3) is 0 Å². The number of benzene rings is 3. The highest BCUT2D eigenvalue weighted by molar-refractivity contribution is 7.92. The van der Waals surface area contributed by atoms with Crippen LogP contribution in [0.5, 0.6) is 11.5 Å². The molecule has 208 valence electrons. The van der Waals surface area contributed by atoms with Gasteiger partial charge in [0.15, 0.2) is 0 Å². The van der Waals surface area contributed by atoms with E-state index in [1.807, 2.05) is 32.0 Å². The fraction of sp³-hybridized carbons (Fsp3) is 0.310. The second-order valence-corrected chi connectivity index (χ2v) is 11.3. The Morgan fingerprint density at radius 1 is 0.923 bits per heavy atom. The lowest BCUT2D eigenvalue weighted by Gasteiger charge is -2.33. The Balaban J connectivity index is 1.89. The van der Waals surface area contributed by atoms with Gasteiger partial charge in [-0.15, -0.1) is 0 Å². The molecule has 0 saturated carbocycles. The van der Waals surface area contributed by atoms with E-state index >= 15 is 0 Å². The minimum absolute atomic E-state index is 0.00455. The van der Waals surface area contributed by atoms with Crippen molar-refractivity contribution in [2.45, 2.75) is 45.8 Å². The van der Waals surface area contributed by atoms with Gasteiger partial charge in [0, 0.05) is 12.6 Å². The Labute approximate surface area is 229 Å². The van der Waals surface area contributed by atoms with Gasteiger partial charge in [0.05, 0.1) is 11.9 Å². The maximum atomic E-state index is 13.7. The number of amides is 2. The molecule has 0 radical (unpaired) electrons. The molecule has 0 aromatic heterocycles. The number of ether oxygens (including phenoxy) is 1. The predicted octanol–water partition coefficient (Wildman–Crippen LogP) is 4.72. The molecule has 2 amide bonds. The minimum atomic E-state index is -3.87. The van der Waals surface area contributed by atoms with Crippen LogP contribution < -0.4 is 14.4 Å². The first-order valence-electron chi connectivity index (χ1n) is 12.6. The lowest BCUT2D eigenvalue weighted by molar-refractivity contribution is -0.140. The number of hydrogen-bond acceptors (Lipinski definition) is 5. The molecule has 3 aromatic carbocycles. The molecule has 0 aliphatic carbocycles. The monoisotopic (exact) mass is 555 g/mol. The Morgan fingerprint density at radius 3 is 2.05 bits per heavy atom. The van der Waals surface area contributed by atoms with Crippen LogP contribution in [-0.4, -0.2) is 50.0 Å². The van der Waals surface area contributed by atoms with Crippen LogP contribution in [-0.2, 0) is 26.2 Å². The molecule has 1 N–H and O–H groups in total. The molecule has 10 heteroatoms. The van der Waals surface area contributed by atoms with Gasteiger partial charge in [-0.05, 0) is 74.4 Å². The number of nitrogens with zero attached hydrogens (tertiary/aromatic N) is 2. The fourth-order valence-electron chi connectivity index (χ4n) is 4.01. The summed E-state index contributed by atoms with van der Waals surface area (Å²) in [5.41, 5.74) is 0.876. The molecule has 3 rings (SSSR count). The molecule has 1 atom stereocenters. The number of rotatable bonds is 12. The van der Waals surface area contributed by atoms with Crippen LogP contribution in [0.3, 0.4) is 0 Å². The van der Waals surface area contributed by atoms with Crippen molar-refractivity contribution in [3.8, 4) is 11.5 Å². The minimum Gasteiger partial charge on any atom is -0.457 e. The van der Waals surface area contributed by atoms with Crippen LogP contribution in [0.25, 0.3) is 0 Å². The number of sulfonamides is 1. The second kappa shape index (κ2) is 13.2. The van der Waals surface area contributed by atoms with Crippen molar-refractivity contribution in [1.82, 2.24) is 10.2 Å². The second-order valence-electron chi connectivity index (χ2n) is 9.41. The Bertz CT molecular complexity index is 1350. The van der Waals surface area contributed by atoms with Crippen molar-refractivity contribution >= 4 is 27.5 Å². The number of anilines is 1. The molecule has 39 heavy (non-hydrogen) atoms. The molecule has 0 unspecified atom stereocenters. The van der Waals surface area contributed by atoms with E-state index in [0.717, 1.165) is 10.6 Å². The molecule has 0 fully saturated rings. The Morgan fingerprint density at radius 2 is 1.51 bits per heavy atom. The van der Waals surface area contributed by atoms with Crippen LogP contribution in [0.4, 0.5) is 10.1 Å². The maximum Gasteiger partial charge on any atom is 0.244 e. The number of nitrogens with one attached hydrogen (secondary N) is 1. The summed E-state index contributed by atoms with van der Waals surface area (Å²) in [6.45, 7) is 4.88. The largest absolute Gasteiger partial charge is 0.457 e. The summed E-state index contributed by atoms with van der Waals surface area (Å²) >= 11 is 0. The molecule has 0 saturated heterocycles. The quantitative estimate of drug-likeness (QED) is 0.349. The van der Waals surface area contributed by atoms with Crippen LogP contribution in [0, 0.1) is 5.82 Å². The summed E-state index contributed by atoms with van der Waals surface area (Å²) in [7, 11) is -3.87. The first-order chi connectivity index (χ1) is 18.5.